The van der Waals surface area contributed by atoms with Gasteiger partial charge in [-0.25, -0.2) is 0 Å². The van der Waals surface area contributed by atoms with E-state index in [9.17, 15) is 41.1 Å². The van der Waals surface area contributed by atoms with Crippen LogP contribution in [0, 0.1) is 0 Å². The summed E-state index contributed by atoms with van der Waals surface area (Å²) >= 11 is 5.90. The van der Waals surface area contributed by atoms with Gasteiger partial charge in [-0.15, -0.1) is 0 Å². The molecule has 33 heavy (non-hydrogen) atoms. The monoisotopic (exact) mass is 497 g/mol. The fraction of sp³-hybridized carbons (Fsp3) is 0.500. The molecule has 182 valence electrons. The average Bonchev–Trinajstić information content (AvgIpc) is 3.23. The average molecular weight is 498 g/mol. The third-order valence-electron chi connectivity index (χ3n) is 4.90. The van der Waals surface area contributed by atoms with E-state index < -0.39 is 48.8 Å². The molecule has 1 atom stereocenters. The Morgan fingerprint density at radius 2 is 1.79 bits per heavy atom. The third-order valence-corrected chi connectivity index (χ3v) is 5.14. The van der Waals surface area contributed by atoms with Gasteiger partial charge >= 0.3 is 12.1 Å². The van der Waals surface area contributed by atoms with Gasteiger partial charge in [0.25, 0.3) is 5.91 Å². The molecular weight excluding hydrogens is 477 g/mol. The predicted molar refractivity (Wildman–Crippen MR) is 107 cm³/mol. The molecule has 7 nitrogen and oxygen atoms in total. The number of nitrogens with zero attached hydrogens (tertiary/aromatic N) is 1. The van der Waals surface area contributed by atoms with Gasteiger partial charge in [-0.3, -0.25) is 19.2 Å². The first-order chi connectivity index (χ1) is 15.3. The number of carbonyl (C=O) groups excluding carboxylic acids is 4. The van der Waals surface area contributed by atoms with Crippen molar-refractivity contribution in [3.8, 4) is 0 Å². The number of hydrogen-bond donors (Lipinski definition) is 2. The highest BCUT2D eigenvalue weighted by molar-refractivity contribution is 6.30. The van der Waals surface area contributed by atoms with Crippen LogP contribution in [0.2, 0.25) is 5.02 Å². The van der Waals surface area contributed by atoms with Crippen molar-refractivity contribution in [2.24, 2.45) is 0 Å². The van der Waals surface area contributed by atoms with Crippen molar-refractivity contribution in [2.75, 3.05) is 19.6 Å². The molecule has 1 unspecified atom stereocenters. The van der Waals surface area contributed by atoms with Crippen molar-refractivity contribution in [1.29, 1.82) is 0 Å². The number of ketones is 1. The van der Waals surface area contributed by atoms with Crippen LogP contribution in [-0.4, -0.2) is 66.2 Å². The van der Waals surface area contributed by atoms with Crippen molar-refractivity contribution < 1.29 is 41.1 Å². The smallest absolute Gasteiger partial charge is 0.347 e. The van der Waals surface area contributed by atoms with E-state index in [1.54, 1.807) is 24.3 Å². The maximum Gasteiger partial charge on any atom is 0.405 e. The van der Waals surface area contributed by atoms with E-state index in [2.05, 4.69) is 0 Å². The number of carbonyl (C=O) groups is 4. The van der Waals surface area contributed by atoms with E-state index in [0.717, 1.165) is 10.9 Å². The molecular formula is C20H21ClF5N3O4. The van der Waals surface area contributed by atoms with E-state index >= 15 is 0 Å². The second-order valence-electron chi connectivity index (χ2n) is 7.39. The van der Waals surface area contributed by atoms with Crippen LogP contribution in [0.15, 0.2) is 24.3 Å². The molecule has 3 amide bonds. The van der Waals surface area contributed by atoms with E-state index in [1.807, 2.05) is 5.32 Å². The molecule has 0 bridgehead atoms. The number of Topliss-reactive ketones (excluding diaryl/α,β-unsaturated/α-hetero) is 1. The lowest BCUT2D eigenvalue weighted by Crippen LogP contribution is -2.53. The van der Waals surface area contributed by atoms with Crippen LogP contribution in [0.5, 0.6) is 0 Å². The highest BCUT2D eigenvalue weighted by Crippen LogP contribution is 2.21. The summed E-state index contributed by atoms with van der Waals surface area (Å²) in [5.74, 6) is -10.5. The van der Waals surface area contributed by atoms with Gasteiger partial charge in [-0.1, -0.05) is 23.7 Å². The first-order valence-corrected chi connectivity index (χ1v) is 10.3. The number of aryl methyl sites for hydroxylation is 1. The fourth-order valence-corrected chi connectivity index (χ4v) is 3.45. The molecule has 1 aromatic carbocycles. The minimum Gasteiger partial charge on any atom is -0.347 e. The molecule has 2 rings (SSSR count). The van der Waals surface area contributed by atoms with E-state index in [4.69, 9.17) is 11.6 Å². The van der Waals surface area contributed by atoms with Crippen LogP contribution < -0.4 is 10.6 Å². The quantitative estimate of drug-likeness (QED) is 0.404. The number of benzene rings is 1. The normalized spacial score (nSPS) is 16.4. The van der Waals surface area contributed by atoms with Gasteiger partial charge in [0.05, 0.1) is 6.54 Å². The summed E-state index contributed by atoms with van der Waals surface area (Å²) in [6.45, 7) is -3.06. The fourth-order valence-electron chi connectivity index (χ4n) is 3.24. The van der Waals surface area contributed by atoms with Crippen LogP contribution in [0.3, 0.4) is 0 Å². The van der Waals surface area contributed by atoms with Gasteiger partial charge in [-0.2, -0.15) is 22.0 Å². The second-order valence-corrected chi connectivity index (χ2v) is 7.82. The van der Waals surface area contributed by atoms with Gasteiger partial charge in [-0.05, 0) is 37.0 Å². The van der Waals surface area contributed by atoms with Gasteiger partial charge < -0.3 is 15.5 Å². The highest BCUT2D eigenvalue weighted by Gasteiger charge is 2.48. The molecule has 0 saturated carbocycles. The Kier molecular flexibility index (Phi) is 8.76. The van der Waals surface area contributed by atoms with E-state index in [-0.39, 0.29) is 25.3 Å². The maximum absolute atomic E-state index is 13.8. The SMILES string of the molecule is O=C(NCC(=O)C(F)(F)C(=O)NCC(F)(F)F)C1CCCN1C(=O)CCc1cccc(Cl)c1. The van der Waals surface area contributed by atoms with Crippen molar-refractivity contribution in [3.05, 3.63) is 34.9 Å². The van der Waals surface area contributed by atoms with Crippen molar-refractivity contribution in [1.82, 2.24) is 15.5 Å². The molecule has 0 aliphatic carbocycles. The highest BCUT2D eigenvalue weighted by atomic mass is 35.5. The molecule has 2 N–H and O–H groups in total. The number of rotatable bonds is 9. The van der Waals surface area contributed by atoms with Gasteiger partial charge in [0.15, 0.2) is 0 Å². The zero-order valence-corrected chi connectivity index (χ0v) is 17.9. The number of likely N-dealkylation sites (tertiary alicyclic amines) is 1. The number of alkyl halides is 5. The van der Waals surface area contributed by atoms with Crippen LogP contribution in [-0.2, 0) is 25.6 Å². The number of halogens is 6. The molecule has 0 radical (unpaired) electrons. The summed E-state index contributed by atoms with van der Waals surface area (Å²) in [6, 6.07) is 5.89. The standard InChI is InChI=1S/C20H21ClF5N3O4/c21-13-4-1-3-12(9-13)6-7-16(31)29-8-2-5-14(29)17(32)27-10-15(30)20(25,26)18(33)28-11-19(22,23)24/h1,3-4,9,14H,2,5-8,10-11H2,(H,27,32)(H,28,33). The van der Waals surface area contributed by atoms with Crippen LogP contribution >= 0.6 is 11.6 Å². The van der Waals surface area contributed by atoms with Crippen LogP contribution in [0.25, 0.3) is 0 Å². The Balaban J connectivity index is 1.88. The lowest BCUT2D eigenvalue weighted by molar-refractivity contribution is -0.163. The Bertz CT molecular complexity index is 910. The zero-order chi connectivity index (χ0) is 24.8. The molecule has 13 heteroatoms. The second kappa shape index (κ2) is 10.9. The number of hydrogen-bond acceptors (Lipinski definition) is 4. The Morgan fingerprint density at radius 1 is 1.09 bits per heavy atom. The molecule has 0 aromatic heterocycles. The van der Waals surface area contributed by atoms with Crippen LogP contribution in [0.1, 0.15) is 24.8 Å². The van der Waals surface area contributed by atoms with Crippen molar-refractivity contribution in [3.63, 3.8) is 0 Å². The number of nitrogens with one attached hydrogen (secondary N) is 2. The maximum atomic E-state index is 13.8. The van der Waals surface area contributed by atoms with Crippen molar-refractivity contribution in [2.45, 2.75) is 43.8 Å². The molecule has 1 fully saturated rings. The summed E-state index contributed by atoms with van der Waals surface area (Å²) in [4.78, 5) is 49.1. The van der Waals surface area contributed by atoms with Gasteiger partial charge in [0.1, 0.15) is 12.6 Å². The van der Waals surface area contributed by atoms with Gasteiger partial charge in [0.2, 0.25) is 17.6 Å². The summed E-state index contributed by atoms with van der Waals surface area (Å²) in [5.41, 5.74) is 0.813. The first-order valence-electron chi connectivity index (χ1n) is 9.89. The first kappa shape index (κ1) is 26.5. The molecule has 1 saturated heterocycles. The topological polar surface area (TPSA) is 95.6 Å². The lowest BCUT2D eigenvalue weighted by Gasteiger charge is -2.24. The third kappa shape index (κ3) is 7.65. The molecule has 1 aliphatic rings. The Labute approximate surface area is 190 Å². The van der Waals surface area contributed by atoms with Crippen molar-refractivity contribution >= 4 is 35.1 Å². The van der Waals surface area contributed by atoms with Crippen LogP contribution in [0.4, 0.5) is 22.0 Å². The summed E-state index contributed by atoms with van der Waals surface area (Å²) in [6.07, 6.45) is -3.78. The molecule has 1 aromatic rings. The summed E-state index contributed by atoms with van der Waals surface area (Å²) < 4.78 is 63.7. The molecule has 1 heterocycles. The van der Waals surface area contributed by atoms with Gasteiger partial charge in [0, 0.05) is 18.0 Å². The van der Waals surface area contributed by atoms with E-state index in [0.29, 0.717) is 17.9 Å². The largest absolute Gasteiger partial charge is 0.405 e. The number of amides is 3. The van der Waals surface area contributed by atoms with E-state index in [1.165, 1.54) is 4.90 Å². The summed E-state index contributed by atoms with van der Waals surface area (Å²) in [5, 5.41) is 3.38. The lowest BCUT2D eigenvalue weighted by atomic mass is 10.1. The minimum atomic E-state index is -4.94. The minimum absolute atomic E-state index is 0.0699. The molecule has 1 aliphatic heterocycles. The zero-order valence-electron chi connectivity index (χ0n) is 17.2. The summed E-state index contributed by atoms with van der Waals surface area (Å²) in [7, 11) is 0. The predicted octanol–water partition coefficient (Wildman–Crippen LogP) is 2.26. The Hall–Kier alpha value is -2.76. The molecule has 0 spiro atoms. The Morgan fingerprint density at radius 3 is 2.42 bits per heavy atom.